The van der Waals surface area contributed by atoms with Crippen LogP contribution in [0.15, 0.2) is 48.5 Å². The van der Waals surface area contributed by atoms with Crippen LogP contribution in [0.1, 0.15) is 36.6 Å². The van der Waals surface area contributed by atoms with Gasteiger partial charge in [0.2, 0.25) is 5.91 Å². The molecule has 1 N–H and O–H groups in total. The standard InChI is InChI=1S/C18H20N2O3/c1-3-14-8-10-15(11-9-14)13(2)19-18(21)12-16-6-4-5-7-17(16)20(22)23/h4-11,13H,3,12H2,1-2H3,(H,19,21). The topological polar surface area (TPSA) is 72.2 Å². The number of hydrogen-bond donors (Lipinski definition) is 1. The van der Waals surface area contributed by atoms with E-state index in [4.69, 9.17) is 0 Å². The molecule has 0 saturated carbocycles. The lowest BCUT2D eigenvalue weighted by Gasteiger charge is -2.15. The van der Waals surface area contributed by atoms with E-state index in [0.717, 1.165) is 12.0 Å². The van der Waals surface area contributed by atoms with Gasteiger partial charge in [0.1, 0.15) is 0 Å². The van der Waals surface area contributed by atoms with Crippen molar-refractivity contribution in [3.05, 3.63) is 75.3 Å². The van der Waals surface area contributed by atoms with Crippen LogP contribution in [-0.2, 0) is 17.6 Å². The molecule has 23 heavy (non-hydrogen) atoms. The molecule has 5 heteroatoms. The van der Waals surface area contributed by atoms with E-state index >= 15 is 0 Å². The van der Waals surface area contributed by atoms with Crippen LogP contribution in [0.3, 0.4) is 0 Å². The van der Waals surface area contributed by atoms with Gasteiger partial charge in [-0.25, -0.2) is 0 Å². The number of amides is 1. The van der Waals surface area contributed by atoms with Gasteiger partial charge in [-0.15, -0.1) is 0 Å². The third-order valence-corrected chi connectivity index (χ3v) is 3.80. The van der Waals surface area contributed by atoms with E-state index in [1.807, 2.05) is 31.2 Å². The monoisotopic (exact) mass is 312 g/mol. The SMILES string of the molecule is CCc1ccc(C(C)NC(=O)Cc2ccccc2[N+](=O)[O-])cc1. The summed E-state index contributed by atoms with van der Waals surface area (Å²) in [7, 11) is 0. The van der Waals surface area contributed by atoms with Crippen molar-refractivity contribution in [2.24, 2.45) is 0 Å². The van der Waals surface area contributed by atoms with Crippen molar-refractivity contribution < 1.29 is 9.72 Å². The minimum absolute atomic E-state index is 0.00542. The van der Waals surface area contributed by atoms with Gasteiger partial charge < -0.3 is 5.32 Å². The maximum Gasteiger partial charge on any atom is 0.273 e. The molecule has 0 spiro atoms. The van der Waals surface area contributed by atoms with E-state index in [2.05, 4.69) is 12.2 Å². The van der Waals surface area contributed by atoms with Crippen LogP contribution in [-0.4, -0.2) is 10.8 Å². The number of nitro groups is 1. The van der Waals surface area contributed by atoms with Crippen molar-refractivity contribution in [1.29, 1.82) is 0 Å². The van der Waals surface area contributed by atoms with Crippen molar-refractivity contribution in [1.82, 2.24) is 5.32 Å². The fraction of sp³-hybridized carbons (Fsp3) is 0.278. The number of benzene rings is 2. The fourth-order valence-corrected chi connectivity index (χ4v) is 2.43. The van der Waals surface area contributed by atoms with Crippen LogP contribution in [0.25, 0.3) is 0 Å². The minimum atomic E-state index is -0.463. The normalized spacial score (nSPS) is 11.7. The molecule has 0 aliphatic carbocycles. The molecule has 2 aromatic rings. The molecule has 5 nitrogen and oxygen atoms in total. The summed E-state index contributed by atoms with van der Waals surface area (Å²) in [5.74, 6) is -0.230. The van der Waals surface area contributed by atoms with Gasteiger partial charge in [-0.2, -0.15) is 0 Å². The lowest BCUT2D eigenvalue weighted by Crippen LogP contribution is -2.28. The molecule has 0 bridgehead atoms. The maximum absolute atomic E-state index is 12.2. The Morgan fingerprint density at radius 3 is 2.43 bits per heavy atom. The second-order valence-electron chi connectivity index (χ2n) is 5.45. The average Bonchev–Trinajstić information content (AvgIpc) is 2.55. The predicted molar refractivity (Wildman–Crippen MR) is 89.2 cm³/mol. The summed E-state index contributed by atoms with van der Waals surface area (Å²) in [6.45, 7) is 3.99. The average molecular weight is 312 g/mol. The van der Waals surface area contributed by atoms with Crippen LogP contribution in [0.4, 0.5) is 5.69 Å². The van der Waals surface area contributed by atoms with Gasteiger partial charge in [0.15, 0.2) is 0 Å². The van der Waals surface area contributed by atoms with Crippen LogP contribution >= 0.6 is 0 Å². The number of carbonyl (C=O) groups is 1. The zero-order valence-corrected chi connectivity index (χ0v) is 13.3. The van der Waals surface area contributed by atoms with Crippen molar-refractivity contribution in [2.45, 2.75) is 32.7 Å². The van der Waals surface area contributed by atoms with Gasteiger partial charge in [0.05, 0.1) is 17.4 Å². The third-order valence-electron chi connectivity index (χ3n) is 3.80. The number of nitrogens with zero attached hydrogens (tertiary/aromatic N) is 1. The molecule has 0 aliphatic heterocycles. The van der Waals surface area contributed by atoms with Crippen molar-refractivity contribution in [3.8, 4) is 0 Å². The molecular weight excluding hydrogens is 292 g/mol. The van der Waals surface area contributed by atoms with Gasteiger partial charge in [-0.3, -0.25) is 14.9 Å². The zero-order chi connectivity index (χ0) is 16.8. The van der Waals surface area contributed by atoms with Gasteiger partial charge in [0.25, 0.3) is 5.69 Å². The maximum atomic E-state index is 12.2. The van der Waals surface area contributed by atoms with Crippen molar-refractivity contribution in [2.75, 3.05) is 0 Å². The lowest BCUT2D eigenvalue weighted by atomic mass is 10.0. The number of carbonyl (C=O) groups excluding carboxylic acids is 1. The number of nitro benzene ring substituents is 1. The van der Waals surface area contributed by atoms with Crippen LogP contribution in [0.2, 0.25) is 0 Å². The smallest absolute Gasteiger partial charge is 0.273 e. The predicted octanol–water partition coefficient (Wildman–Crippen LogP) is 3.58. The van der Waals surface area contributed by atoms with Crippen LogP contribution < -0.4 is 5.32 Å². The highest BCUT2D eigenvalue weighted by molar-refractivity contribution is 5.80. The number of hydrogen-bond acceptors (Lipinski definition) is 3. The number of rotatable bonds is 6. The van der Waals surface area contributed by atoms with E-state index in [0.29, 0.717) is 5.56 Å². The minimum Gasteiger partial charge on any atom is -0.349 e. The Hall–Kier alpha value is -2.69. The number of nitrogens with one attached hydrogen (secondary N) is 1. The molecule has 1 amide bonds. The van der Waals surface area contributed by atoms with Gasteiger partial charge in [0, 0.05) is 11.6 Å². The zero-order valence-electron chi connectivity index (χ0n) is 13.3. The second-order valence-corrected chi connectivity index (χ2v) is 5.45. The summed E-state index contributed by atoms with van der Waals surface area (Å²) in [5, 5.41) is 13.9. The van der Waals surface area contributed by atoms with Crippen molar-refractivity contribution in [3.63, 3.8) is 0 Å². The molecule has 0 radical (unpaired) electrons. The Labute approximate surface area is 135 Å². The number of para-hydroxylation sites is 1. The second kappa shape index (κ2) is 7.54. The van der Waals surface area contributed by atoms with E-state index < -0.39 is 4.92 Å². The van der Waals surface area contributed by atoms with E-state index in [-0.39, 0.29) is 24.1 Å². The highest BCUT2D eigenvalue weighted by Crippen LogP contribution is 2.19. The molecule has 0 saturated heterocycles. The highest BCUT2D eigenvalue weighted by Gasteiger charge is 2.17. The van der Waals surface area contributed by atoms with E-state index in [1.165, 1.54) is 11.6 Å². The fourth-order valence-electron chi connectivity index (χ4n) is 2.43. The van der Waals surface area contributed by atoms with Crippen LogP contribution in [0, 0.1) is 10.1 Å². The van der Waals surface area contributed by atoms with E-state index in [9.17, 15) is 14.9 Å². The summed E-state index contributed by atoms with van der Waals surface area (Å²) in [6.07, 6.45) is 0.966. The molecule has 0 heterocycles. The third kappa shape index (κ3) is 4.39. The van der Waals surface area contributed by atoms with Crippen LogP contribution in [0.5, 0.6) is 0 Å². The van der Waals surface area contributed by atoms with Gasteiger partial charge >= 0.3 is 0 Å². The quantitative estimate of drug-likeness (QED) is 0.654. The Kier molecular flexibility index (Phi) is 5.46. The largest absolute Gasteiger partial charge is 0.349 e. The molecular formula is C18H20N2O3. The Bertz CT molecular complexity index is 696. The molecule has 0 aliphatic rings. The Balaban J connectivity index is 2.03. The van der Waals surface area contributed by atoms with E-state index in [1.54, 1.807) is 18.2 Å². The number of aryl methyl sites for hydroxylation is 1. The first kappa shape index (κ1) is 16.7. The first-order chi connectivity index (χ1) is 11.0. The lowest BCUT2D eigenvalue weighted by molar-refractivity contribution is -0.385. The molecule has 1 unspecified atom stereocenters. The molecule has 120 valence electrons. The van der Waals surface area contributed by atoms with Crippen molar-refractivity contribution >= 4 is 11.6 Å². The molecule has 0 aromatic heterocycles. The molecule has 2 aromatic carbocycles. The van der Waals surface area contributed by atoms with Gasteiger partial charge in [-0.1, -0.05) is 49.4 Å². The summed E-state index contributed by atoms with van der Waals surface area (Å²) in [4.78, 5) is 22.7. The first-order valence-electron chi connectivity index (χ1n) is 7.61. The Morgan fingerprint density at radius 2 is 1.83 bits per heavy atom. The molecule has 1 atom stereocenters. The summed E-state index contributed by atoms with van der Waals surface area (Å²) < 4.78 is 0. The summed E-state index contributed by atoms with van der Waals surface area (Å²) in [5.41, 5.74) is 2.65. The highest BCUT2D eigenvalue weighted by atomic mass is 16.6. The summed E-state index contributed by atoms with van der Waals surface area (Å²) in [6, 6.07) is 14.2. The molecule has 0 fully saturated rings. The first-order valence-corrected chi connectivity index (χ1v) is 7.61. The molecule has 2 rings (SSSR count). The Morgan fingerprint density at radius 1 is 1.17 bits per heavy atom. The summed E-state index contributed by atoms with van der Waals surface area (Å²) >= 11 is 0. The van der Waals surface area contributed by atoms with Gasteiger partial charge in [-0.05, 0) is 24.5 Å².